The highest BCUT2D eigenvalue weighted by molar-refractivity contribution is 6.17. The largest absolute Gasteiger partial charge is 0.341 e. The first-order valence-corrected chi connectivity index (χ1v) is 33.5. The average molecular weight is 1260 g/mol. The van der Waals surface area contributed by atoms with E-state index in [9.17, 15) is 24.0 Å². The van der Waals surface area contributed by atoms with E-state index in [1.807, 2.05) is 125 Å². The summed E-state index contributed by atoms with van der Waals surface area (Å²) in [6.07, 6.45) is -0.231. The number of Topliss-reactive ketones (excluding diaryl/α,β-unsaturated/α-hetero) is 2. The van der Waals surface area contributed by atoms with E-state index in [0.29, 0.717) is 0 Å². The van der Waals surface area contributed by atoms with Crippen molar-refractivity contribution in [1.82, 2.24) is 15.5 Å². The lowest BCUT2D eigenvalue weighted by Crippen LogP contribution is -2.79. The van der Waals surface area contributed by atoms with Crippen molar-refractivity contribution in [1.29, 1.82) is 0 Å². The van der Waals surface area contributed by atoms with E-state index < -0.39 is 65.8 Å². The third kappa shape index (κ3) is 6.74. The fourth-order valence-corrected chi connectivity index (χ4v) is 19.9. The molecule has 6 saturated heterocycles. The first-order valence-electron chi connectivity index (χ1n) is 33.5. The number of quaternary nitrogens is 1. The van der Waals surface area contributed by atoms with Gasteiger partial charge in [0.1, 0.15) is 5.54 Å². The van der Waals surface area contributed by atoms with Gasteiger partial charge in [-0.25, -0.2) is 9.69 Å². The van der Waals surface area contributed by atoms with E-state index in [2.05, 4.69) is 176 Å². The van der Waals surface area contributed by atoms with Crippen LogP contribution < -0.4 is 25.8 Å². The molecule has 5 amide bonds. The number of carbonyl (C=O) groups excluding carboxylic acids is 7. The van der Waals surface area contributed by atoms with Crippen molar-refractivity contribution in [2.45, 2.75) is 247 Å². The summed E-state index contributed by atoms with van der Waals surface area (Å²) >= 11 is 0. The molecule has 11 aliphatic rings. The highest BCUT2D eigenvalue weighted by Crippen LogP contribution is 2.96. The number of hydrogen-bond acceptors (Lipinski definition) is 9. The molecule has 14 nitrogen and oxygen atoms in total. The minimum Gasteiger partial charge on any atom is -0.341 e. The molecule has 3 N–H and O–H groups in total. The summed E-state index contributed by atoms with van der Waals surface area (Å²) < 4.78 is 0.268. The number of carbonyl (C=O) groups is 7. The Balaban J connectivity index is 0.000000156. The van der Waals surface area contributed by atoms with Gasteiger partial charge in [-0.05, 0) is 223 Å². The lowest BCUT2D eigenvalue weighted by Gasteiger charge is -2.58. The summed E-state index contributed by atoms with van der Waals surface area (Å²) in [6, 6.07) is 17.2. The van der Waals surface area contributed by atoms with Crippen molar-refractivity contribution in [3.8, 4) is 0 Å². The number of amides is 5. The van der Waals surface area contributed by atoms with Crippen LogP contribution >= 0.6 is 0 Å². The highest BCUT2D eigenvalue weighted by atomic mass is 16.2. The molecule has 0 radical (unpaired) electrons. The Morgan fingerprint density at radius 1 is 0.457 bits per heavy atom. The molecule has 496 valence electrons. The minimum absolute atomic E-state index is 0.0442. The molecular formula is C78H108N7O7+. The molecule has 3 aromatic carbocycles. The Morgan fingerprint density at radius 3 is 1.39 bits per heavy atom. The standard InChI is InChI=1S/C32H39N4O2.2C14H19NO2.C14H19NO.2C2H6/c1-26(2)24(37)35-30(28(26,5)6)19-15-11-13-17-21(19)33(9)23(30)36-25(38)27(3,4)29(7,8)31(36)20-16-12-14-18-22(20)34(10)32(31,35)36;1-7-9(3)14(10(4)8(2)11(7)16)13(5,6)12(17)15-14;1-7-8(2)10(4)14(11(16)9(7)3)13(5,6)12(17)15-14;1-7-8(2)10(4)12-11(9(7)3)14(5,6)13(16)15-12;2*1-2/h11-18,23H,1-10H3;2*1-6H3,(H,15,17);1-6H3,(H,15,16);2*1-2H3/q+1;;;;;/t23?,30-,31+,32?,36?;;;;;/m1...../s1. The van der Waals surface area contributed by atoms with Gasteiger partial charge < -0.3 is 20.9 Å². The molecule has 92 heavy (non-hydrogen) atoms. The van der Waals surface area contributed by atoms with Crippen LogP contribution in [0, 0.1) is 60.2 Å². The number of nitrogens with zero attached hydrogens (tertiary/aromatic N) is 4. The summed E-state index contributed by atoms with van der Waals surface area (Å²) in [6.45, 7) is 61.0. The molecule has 14 rings (SSSR count). The van der Waals surface area contributed by atoms with Crippen LogP contribution in [-0.2, 0) is 50.1 Å². The first kappa shape index (κ1) is 69.4. The Morgan fingerprint density at radius 2 is 0.902 bits per heavy atom. The summed E-state index contributed by atoms with van der Waals surface area (Å²) in [4.78, 5) is 97.5. The smallest absolute Gasteiger partial charge is 0.331 e. The lowest BCUT2D eigenvalue weighted by atomic mass is 9.54. The Kier molecular flexibility index (Phi) is 15.3. The van der Waals surface area contributed by atoms with Crippen LogP contribution in [0.2, 0.25) is 0 Å². The van der Waals surface area contributed by atoms with Crippen molar-refractivity contribution in [2.75, 3.05) is 29.2 Å². The van der Waals surface area contributed by atoms with Gasteiger partial charge in [-0.3, -0.25) is 33.7 Å². The number of piperidine rings is 1. The molecule has 9 aliphatic heterocycles. The molecule has 14 heteroatoms. The molecule has 6 spiro atoms. The second kappa shape index (κ2) is 20.3. The van der Waals surface area contributed by atoms with Crippen molar-refractivity contribution in [2.24, 2.45) is 32.5 Å². The van der Waals surface area contributed by atoms with Gasteiger partial charge in [0.25, 0.3) is 0 Å². The zero-order chi connectivity index (χ0) is 70.0. The van der Waals surface area contributed by atoms with E-state index in [0.717, 1.165) is 61.6 Å². The fraction of sp³-hybridized carbons (Fsp3) is 0.577. The molecular weight excluding hydrogens is 1150 g/mol. The van der Waals surface area contributed by atoms with E-state index in [1.54, 1.807) is 0 Å². The van der Waals surface area contributed by atoms with E-state index in [-0.39, 0.29) is 51.8 Å². The SMILES string of the molecule is CC.CC.CC1=C(C)C(C)=C(C)C2(NC(=O)C2(C)C)C1=O.CC1=C(C)C2(NC(=O)C2(C)C)C(C)=C(C)C1=O.CN1c2ccccc2[C@]23C1[N+]14C(=O)C(C)(C)C(C)(C)[C@]15c1ccccc1N(C)C54N2C(=O)C(C)(C)C3(C)C.Cc1c(C)c(C)c2c(c1C)NC(=O)C2(C)C. The number of anilines is 3. The van der Waals surface area contributed by atoms with Gasteiger partial charge in [0.05, 0.1) is 43.7 Å². The predicted molar refractivity (Wildman–Crippen MR) is 369 cm³/mol. The van der Waals surface area contributed by atoms with Crippen LogP contribution in [0.15, 0.2) is 93.1 Å². The van der Waals surface area contributed by atoms with Crippen molar-refractivity contribution in [3.63, 3.8) is 0 Å². The van der Waals surface area contributed by atoms with Gasteiger partial charge in [-0.2, -0.15) is 4.48 Å². The van der Waals surface area contributed by atoms with Gasteiger partial charge in [-0.15, -0.1) is 0 Å². The summed E-state index contributed by atoms with van der Waals surface area (Å²) in [7, 11) is 4.29. The molecule has 4 unspecified atom stereocenters. The minimum atomic E-state index is -0.818. The Hall–Kier alpha value is -6.93. The molecule has 3 aromatic rings. The maximum Gasteiger partial charge on any atom is 0.331 e. The Labute approximate surface area is 550 Å². The monoisotopic (exact) mass is 1250 g/mol. The third-order valence-electron chi connectivity index (χ3n) is 27.2. The van der Waals surface area contributed by atoms with Crippen LogP contribution in [-0.4, -0.2) is 87.6 Å². The zero-order valence-corrected chi connectivity index (χ0v) is 61.8. The summed E-state index contributed by atoms with van der Waals surface area (Å²) in [5.74, 6) is -0.159. The normalized spacial score (nSPS) is 31.4. The highest BCUT2D eigenvalue weighted by Gasteiger charge is 3.19. The molecule has 9 heterocycles. The van der Waals surface area contributed by atoms with Gasteiger partial charge in [0.2, 0.25) is 35.3 Å². The number of β-lactam (4-membered cyclic amide) rings is 2. The second-order valence-electron chi connectivity index (χ2n) is 31.5. The first-order chi connectivity index (χ1) is 42.2. The van der Waals surface area contributed by atoms with Gasteiger partial charge in [0.15, 0.2) is 17.1 Å². The van der Waals surface area contributed by atoms with Crippen LogP contribution in [0.25, 0.3) is 0 Å². The molecule has 0 bridgehead atoms. The van der Waals surface area contributed by atoms with Crippen molar-refractivity contribution >= 4 is 58.2 Å². The van der Waals surface area contributed by atoms with E-state index >= 15 is 9.59 Å². The number of benzene rings is 3. The Bertz CT molecular complexity index is 3940. The van der Waals surface area contributed by atoms with Gasteiger partial charge in [-0.1, -0.05) is 106 Å². The van der Waals surface area contributed by atoms with Gasteiger partial charge in [0, 0.05) is 42.0 Å². The maximum absolute atomic E-state index is 15.4. The number of ketones is 2. The van der Waals surface area contributed by atoms with E-state index in [1.165, 1.54) is 38.9 Å². The maximum atomic E-state index is 15.4. The fourth-order valence-electron chi connectivity index (χ4n) is 19.9. The molecule has 6 fully saturated rings. The molecule has 0 saturated carbocycles. The summed E-state index contributed by atoms with van der Waals surface area (Å²) in [5.41, 5.74) is 13.2. The molecule has 2 aliphatic carbocycles. The number of fused-ring (bicyclic) bond motifs is 3. The number of para-hydroxylation sites is 2. The van der Waals surface area contributed by atoms with Crippen LogP contribution in [0.1, 0.15) is 219 Å². The van der Waals surface area contributed by atoms with Crippen LogP contribution in [0.4, 0.5) is 17.1 Å². The van der Waals surface area contributed by atoms with Crippen LogP contribution in [0.5, 0.6) is 0 Å². The number of hydrogen-bond donors (Lipinski definition) is 3. The third-order valence-corrected chi connectivity index (χ3v) is 27.2. The number of nitrogens with one attached hydrogen (secondary N) is 3. The molecule has 0 aromatic heterocycles. The van der Waals surface area contributed by atoms with Crippen molar-refractivity contribution in [3.05, 3.63) is 132 Å². The molecule has 6 atom stereocenters. The second-order valence-corrected chi connectivity index (χ2v) is 31.5. The quantitative estimate of drug-likeness (QED) is 0.113. The van der Waals surface area contributed by atoms with E-state index in [4.69, 9.17) is 0 Å². The van der Waals surface area contributed by atoms with Gasteiger partial charge >= 0.3 is 11.7 Å². The lowest BCUT2D eigenvalue weighted by molar-refractivity contribution is -0.800. The summed E-state index contributed by atoms with van der Waals surface area (Å²) in [5, 5.41) is 8.90. The number of allylic oxidation sites excluding steroid dienone is 4. The number of piperazine rings is 1. The average Bonchev–Trinajstić information content (AvgIpc) is 1.35. The zero-order valence-electron chi connectivity index (χ0n) is 61.8. The van der Waals surface area contributed by atoms with Crippen LogP contribution in [0.3, 0.4) is 0 Å². The number of rotatable bonds is 0. The topological polar surface area (TPSA) is 165 Å². The van der Waals surface area contributed by atoms with Crippen molar-refractivity contribution < 1.29 is 38.0 Å². The number of likely N-dealkylation sites (N-methyl/N-ethyl adjacent to an activating group) is 2. The predicted octanol–water partition coefficient (Wildman–Crippen LogP) is 14.5.